The molecule has 3 rings (SSSR count). The quantitative estimate of drug-likeness (QED) is 0.843. The van der Waals surface area contributed by atoms with E-state index >= 15 is 0 Å². The summed E-state index contributed by atoms with van der Waals surface area (Å²) in [6, 6.07) is 5.86. The number of rotatable bonds is 2. The smallest absolute Gasteiger partial charge is 0.173 e. The van der Waals surface area contributed by atoms with Crippen LogP contribution in [0.25, 0.3) is 0 Å². The van der Waals surface area contributed by atoms with Crippen LogP contribution in [0.2, 0.25) is 0 Å². The van der Waals surface area contributed by atoms with E-state index < -0.39 is 0 Å². The van der Waals surface area contributed by atoms with Gasteiger partial charge in [0.1, 0.15) is 17.3 Å². The van der Waals surface area contributed by atoms with E-state index in [0.717, 1.165) is 42.7 Å². The minimum Gasteiger partial charge on any atom is -0.497 e. The first-order valence-corrected chi connectivity index (χ1v) is 6.12. The fraction of sp³-hybridized carbons (Fsp3) is 0.462. The zero-order chi connectivity index (χ0) is 12.5. The Bertz CT molecular complexity index is 487. The van der Waals surface area contributed by atoms with E-state index in [4.69, 9.17) is 9.47 Å². The topological polar surface area (TPSA) is 46.1 Å². The molecule has 0 aromatic heterocycles. The lowest BCUT2D eigenvalue weighted by Gasteiger charge is -2.33. The number of benzene rings is 1. The summed E-state index contributed by atoms with van der Waals surface area (Å²) in [4.78, 5) is 6.60. The highest BCUT2D eigenvalue weighted by Crippen LogP contribution is 2.35. The van der Waals surface area contributed by atoms with Crippen LogP contribution in [0, 0.1) is 0 Å². The largest absolute Gasteiger partial charge is 0.497 e. The van der Waals surface area contributed by atoms with Gasteiger partial charge in [-0.1, -0.05) is 0 Å². The first kappa shape index (κ1) is 11.2. The summed E-state index contributed by atoms with van der Waals surface area (Å²) in [5.74, 6) is 2.69. The Labute approximate surface area is 106 Å². The van der Waals surface area contributed by atoms with Crippen molar-refractivity contribution >= 4 is 11.5 Å². The van der Waals surface area contributed by atoms with Gasteiger partial charge in [0.05, 0.1) is 25.9 Å². The molecule has 0 spiro atoms. The number of hydrogen-bond acceptors (Lipinski definition) is 5. The van der Waals surface area contributed by atoms with Crippen LogP contribution >= 0.6 is 0 Å². The number of anilines is 1. The van der Waals surface area contributed by atoms with E-state index in [1.54, 1.807) is 7.11 Å². The number of ether oxygens (including phenoxy) is 2. The van der Waals surface area contributed by atoms with Crippen molar-refractivity contribution in [2.24, 2.45) is 4.99 Å². The van der Waals surface area contributed by atoms with Crippen molar-refractivity contribution in [1.82, 2.24) is 5.32 Å². The molecule has 2 heterocycles. The second-order valence-electron chi connectivity index (χ2n) is 4.51. The van der Waals surface area contributed by atoms with Gasteiger partial charge in [-0.3, -0.25) is 4.99 Å². The van der Waals surface area contributed by atoms with Crippen molar-refractivity contribution < 1.29 is 9.47 Å². The number of amidine groups is 1. The summed E-state index contributed by atoms with van der Waals surface area (Å²) in [7, 11) is 3.73. The maximum absolute atomic E-state index is 6.00. The van der Waals surface area contributed by atoms with Gasteiger partial charge in [-0.25, -0.2) is 0 Å². The van der Waals surface area contributed by atoms with Crippen molar-refractivity contribution in [3.05, 3.63) is 18.2 Å². The van der Waals surface area contributed by atoms with Crippen LogP contribution in [0.15, 0.2) is 23.2 Å². The standard InChI is InChI=1S/C13H17N3O2/c1-16-8-12(13-14-5-6-15-13)18-11-4-3-9(17-2)7-10(11)16/h3-4,7,12H,5-6,8H2,1-2H3,(H,14,15). The molecule has 1 unspecified atom stereocenters. The van der Waals surface area contributed by atoms with E-state index in [1.165, 1.54) is 0 Å². The van der Waals surface area contributed by atoms with Gasteiger partial charge in [0, 0.05) is 19.7 Å². The molecule has 0 aliphatic carbocycles. The number of fused-ring (bicyclic) bond motifs is 1. The maximum Gasteiger partial charge on any atom is 0.173 e. The van der Waals surface area contributed by atoms with Crippen molar-refractivity contribution in [3.8, 4) is 11.5 Å². The van der Waals surface area contributed by atoms with Gasteiger partial charge < -0.3 is 19.7 Å². The first-order valence-electron chi connectivity index (χ1n) is 6.12. The number of nitrogens with zero attached hydrogens (tertiary/aromatic N) is 2. The lowest BCUT2D eigenvalue weighted by molar-refractivity contribution is 0.255. The van der Waals surface area contributed by atoms with Crippen LogP contribution in [-0.4, -0.2) is 45.7 Å². The van der Waals surface area contributed by atoms with Crippen LogP contribution in [0.5, 0.6) is 11.5 Å². The third-order valence-electron chi connectivity index (χ3n) is 3.29. The summed E-state index contributed by atoms with van der Waals surface area (Å²) in [5, 5.41) is 3.27. The summed E-state index contributed by atoms with van der Waals surface area (Å²) in [5.41, 5.74) is 1.06. The van der Waals surface area contributed by atoms with E-state index in [0.29, 0.717) is 0 Å². The first-order chi connectivity index (χ1) is 8.78. The number of aliphatic imine (C=N–C) groups is 1. The highest BCUT2D eigenvalue weighted by molar-refractivity contribution is 5.89. The molecule has 0 amide bonds. The molecular formula is C13H17N3O2. The Kier molecular flexibility index (Phi) is 2.74. The fourth-order valence-corrected chi connectivity index (χ4v) is 2.33. The Hall–Kier alpha value is -1.91. The van der Waals surface area contributed by atoms with Crippen molar-refractivity contribution in [1.29, 1.82) is 0 Å². The predicted molar refractivity (Wildman–Crippen MR) is 71.0 cm³/mol. The Morgan fingerprint density at radius 1 is 1.50 bits per heavy atom. The molecule has 5 heteroatoms. The molecule has 0 saturated heterocycles. The molecule has 18 heavy (non-hydrogen) atoms. The SMILES string of the molecule is COc1ccc2c(c1)N(C)CC(C1=NCCN1)O2. The van der Waals surface area contributed by atoms with Gasteiger partial charge in [0.25, 0.3) is 0 Å². The Balaban J connectivity index is 1.88. The molecule has 1 N–H and O–H groups in total. The van der Waals surface area contributed by atoms with E-state index in [2.05, 4.69) is 22.3 Å². The highest BCUT2D eigenvalue weighted by atomic mass is 16.5. The summed E-state index contributed by atoms with van der Waals surface area (Å²) in [6.45, 7) is 2.55. The van der Waals surface area contributed by atoms with Gasteiger partial charge >= 0.3 is 0 Å². The average molecular weight is 247 g/mol. The number of hydrogen-bond donors (Lipinski definition) is 1. The molecule has 0 bridgehead atoms. The minimum absolute atomic E-state index is 0.00149. The lowest BCUT2D eigenvalue weighted by atomic mass is 10.2. The van der Waals surface area contributed by atoms with Crippen LogP contribution in [0.3, 0.4) is 0 Å². The molecule has 1 aromatic rings. The number of nitrogens with one attached hydrogen (secondary N) is 1. The highest BCUT2D eigenvalue weighted by Gasteiger charge is 2.28. The summed E-state index contributed by atoms with van der Waals surface area (Å²) in [6.07, 6.45) is -0.00149. The molecule has 1 aromatic carbocycles. The van der Waals surface area contributed by atoms with Gasteiger partial charge in [-0.15, -0.1) is 0 Å². The zero-order valence-corrected chi connectivity index (χ0v) is 10.6. The van der Waals surface area contributed by atoms with Crippen LogP contribution in [0.4, 0.5) is 5.69 Å². The molecule has 2 aliphatic heterocycles. The van der Waals surface area contributed by atoms with Crippen molar-refractivity contribution in [2.75, 3.05) is 38.7 Å². The molecule has 0 fully saturated rings. The molecule has 0 saturated carbocycles. The summed E-state index contributed by atoms with van der Waals surface area (Å²) < 4.78 is 11.2. The van der Waals surface area contributed by atoms with Gasteiger partial charge in [0.2, 0.25) is 0 Å². The van der Waals surface area contributed by atoms with Crippen molar-refractivity contribution in [2.45, 2.75) is 6.10 Å². The minimum atomic E-state index is -0.00149. The monoisotopic (exact) mass is 247 g/mol. The molecule has 0 radical (unpaired) electrons. The Morgan fingerprint density at radius 3 is 3.11 bits per heavy atom. The molecule has 1 atom stereocenters. The van der Waals surface area contributed by atoms with Crippen molar-refractivity contribution in [3.63, 3.8) is 0 Å². The number of likely N-dealkylation sites (N-methyl/N-ethyl adjacent to an activating group) is 1. The second kappa shape index (κ2) is 4.40. The van der Waals surface area contributed by atoms with E-state index in [-0.39, 0.29) is 6.10 Å². The van der Waals surface area contributed by atoms with Gasteiger partial charge in [-0.05, 0) is 12.1 Å². The predicted octanol–water partition coefficient (Wildman–Crippen LogP) is 0.894. The van der Waals surface area contributed by atoms with Crippen LogP contribution in [0.1, 0.15) is 0 Å². The molecule has 96 valence electrons. The molecular weight excluding hydrogens is 230 g/mol. The number of methoxy groups -OCH3 is 1. The van der Waals surface area contributed by atoms with Gasteiger partial charge in [0.15, 0.2) is 6.10 Å². The lowest BCUT2D eigenvalue weighted by Crippen LogP contribution is -2.46. The fourth-order valence-electron chi connectivity index (χ4n) is 2.33. The van der Waals surface area contributed by atoms with Gasteiger partial charge in [-0.2, -0.15) is 0 Å². The molecule has 2 aliphatic rings. The van der Waals surface area contributed by atoms with Crippen LogP contribution < -0.4 is 19.7 Å². The second-order valence-corrected chi connectivity index (χ2v) is 4.51. The third-order valence-corrected chi connectivity index (χ3v) is 3.29. The third kappa shape index (κ3) is 1.85. The molecule has 5 nitrogen and oxygen atoms in total. The van der Waals surface area contributed by atoms with E-state index in [9.17, 15) is 0 Å². The Morgan fingerprint density at radius 2 is 2.39 bits per heavy atom. The zero-order valence-electron chi connectivity index (χ0n) is 10.6. The normalized spacial score (nSPS) is 21.8. The van der Waals surface area contributed by atoms with Crippen LogP contribution in [-0.2, 0) is 0 Å². The average Bonchev–Trinajstić information content (AvgIpc) is 2.92. The maximum atomic E-state index is 6.00. The summed E-state index contributed by atoms with van der Waals surface area (Å²) >= 11 is 0. The van der Waals surface area contributed by atoms with E-state index in [1.807, 2.05) is 18.2 Å².